The number of hydrogen-bond acceptors (Lipinski definition) is 0. The smallest absolute Gasteiger partial charge is 0.0596 e. The molecule has 0 amide bonds. The summed E-state index contributed by atoms with van der Waals surface area (Å²) in [5.41, 5.74) is 5.80. The van der Waals surface area contributed by atoms with Crippen LogP contribution in [0.25, 0.3) is 0 Å². The standard InChI is InChI=1S/C13H17Cl/c1-8-5-9(2)12-10(6-8)11(14)7-13(12,3)4/h5-6,11H,7H2,1-4H3. The fourth-order valence-electron chi connectivity index (χ4n) is 2.83. The monoisotopic (exact) mass is 208 g/mol. The highest BCUT2D eigenvalue weighted by atomic mass is 35.5. The van der Waals surface area contributed by atoms with E-state index in [1.165, 1.54) is 22.3 Å². The summed E-state index contributed by atoms with van der Waals surface area (Å²) in [5, 5.41) is 0.207. The van der Waals surface area contributed by atoms with Crippen molar-refractivity contribution in [2.45, 2.75) is 44.9 Å². The normalized spacial score (nSPS) is 23.6. The number of halogens is 1. The van der Waals surface area contributed by atoms with E-state index < -0.39 is 0 Å². The molecule has 0 nitrogen and oxygen atoms in total. The highest BCUT2D eigenvalue weighted by Gasteiger charge is 2.36. The Balaban J connectivity index is 2.69. The molecule has 1 aliphatic carbocycles. The zero-order chi connectivity index (χ0) is 10.5. The van der Waals surface area contributed by atoms with Crippen LogP contribution < -0.4 is 0 Å². The number of fused-ring (bicyclic) bond motifs is 1. The van der Waals surface area contributed by atoms with Crippen LogP contribution in [0.4, 0.5) is 0 Å². The molecule has 0 bridgehead atoms. The molecule has 0 heterocycles. The Labute approximate surface area is 91.3 Å². The van der Waals surface area contributed by atoms with E-state index in [4.69, 9.17) is 11.6 Å². The summed E-state index contributed by atoms with van der Waals surface area (Å²) in [7, 11) is 0. The predicted molar refractivity (Wildman–Crippen MR) is 62.2 cm³/mol. The molecule has 1 aliphatic rings. The van der Waals surface area contributed by atoms with E-state index in [0.717, 1.165) is 6.42 Å². The molecule has 2 rings (SSSR count). The predicted octanol–water partition coefficient (Wildman–Crippen LogP) is 4.26. The van der Waals surface area contributed by atoms with Crippen molar-refractivity contribution in [1.29, 1.82) is 0 Å². The number of alkyl halides is 1. The molecule has 1 unspecified atom stereocenters. The van der Waals surface area contributed by atoms with E-state index >= 15 is 0 Å². The molecule has 1 aromatic rings. The SMILES string of the molecule is Cc1cc(C)c2c(c1)C(Cl)CC2(C)C. The number of benzene rings is 1. The molecule has 0 fully saturated rings. The Bertz CT molecular complexity index is 377. The average Bonchev–Trinajstić information content (AvgIpc) is 2.21. The van der Waals surface area contributed by atoms with Crippen molar-refractivity contribution in [1.82, 2.24) is 0 Å². The molecule has 1 heteroatoms. The van der Waals surface area contributed by atoms with E-state index in [9.17, 15) is 0 Å². The van der Waals surface area contributed by atoms with Gasteiger partial charge in [-0.3, -0.25) is 0 Å². The van der Waals surface area contributed by atoms with Gasteiger partial charge in [-0.1, -0.05) is 31.5 Å². The van der Waals surface area contributed by atoms with Crippen LogP contribution in [0.1, 0.15) is 47.9 Å². The van der Waals surface area contributed by atoms with Crippen molar-refractivity contribution >= 4 is 11.6 Å². The summed E-state index contributed by atoms with van der Waals surface area (Å²) in [6.45, 7) is 8.91. The Kier molecular flexibility index (Phi) is 2.15. The molecule has 0 aliphatic heterocycles. The van der Waals surface area contributed by atoms with Gasteiger partial charge >= 0.3 is 0 Å². The van der Waals surface area contributed by atoms with Crippen LogP contribution in [0.3, 0.4) is 0 Å². The van der Waals surface area contributed by atoms with Crippen molar-refractivity contribution in [3.63, 3.8) is 0 Å². The molecule has 0 spiro atoms. The van der Waals surface area contributed by atoms with Gasteiger partial charge in [-0.2, -0.15) is 0 Å². The molecule has 1 atom stereocenters. The van der Waals surface area contributed by atoms with Crippen LogP contribution in [0.2, 0.25) is 0 Å². The van der Waals surface area contributed by atoms with E-state index in [1.807, 2.05) is 0 Å². The Hall–Kier alpha value is -0.490. The van der Waals surface area contributed by atoms with Crippen LogP contribution in [0.5, 0.6) is 0 Å². The lowest BCUT2D eigenvalue weighted by Crippen LogP contribution is -2.13. The first kappa shape index (κ1) is 10.0. The van der Waals surface area contributed by atoms with Gasteiger partial charge in [-0.25, -0.2) is 0 Å². The quantitative estimate of drug-likeness (QED) is 0.559. The highest BCUT2D eigenvalue weighted by Crippen LogP contribution is 2.49. The van der Waals surface area contributed by atoms with Crippen molar-refractivity contribution < 1.29 is 0 Å². The molecule has 1 aromatic carbocycles. The van der Waals surface area contributed by atoms with Gasteiger partial charge in [0.1, 0.15) is 0 Å². The molecule has 14 heavy (non-hydrogen) atoms. The van der Waals surface area contributed by atoms with Crippen LogP contribution in [0, 0.1) is 13.8 Å². The Morgan fingerprint density at radius 1 is 1.29 bits per heavy atom. The molecule has 76 valence electrons. The van der Waals surface area contributed by atoms with Crippen LogP contribution >= 0.6 is 11.6 Å². The third-order valence-corrected chi connectivity index (χ3v) is 3.60. The second-order valence-corrected chi connectivity index (χ2v) is 5.63. The summed E-state index contributed by atoms with van der Waals surface area (Å²) < 4.78 is 0. The highest BCUT2D eigenvalue weighted by molar-refractivity contribution is 6.21. The second-order valence-electron chi connectivity index (χ2n) is 5.10. The van der Waals surface area contributed by atoms with Crippen LogP contribution in [0.15, 0.2) is 12.1 Å². The van der Waals surface area contributed by atoms with E-state index in [2.05, 4.69) is 39.8 Å². The van der Waals surface area contributed by atoms with Gasteiger partial charge in [0.15, 0.2) is 0 Å². The zero-order valence-electron chi connectivity index (χ0n) is 9.32. The van der Waals surface area contributed by atoms with Gasteiger partial charge in [0, 0.05) is 0 Å². The summed E-state index contributed by atoms with van der Waals surface area (Å²) in [4.78, 5) is 0. The average molecular weight is 209 g/mol. The third-order valence-electron chi connectivity index (χ3n) is 3.21. The molecule has 0 N–H and O–H groups in total. The minimum atomic E-state index is 0.207. The first-order valence-corrected chi connectivity index (χ1v) is 5.61. The largest absolute Gasteiger partial charge is 0.118 e. The van der Waals surface area contributed by atoms with Gasteiger partial charge in [0.25, 0.3) is 0 Å². The summed E-state index contributed by atoms with van der Waals surface area (Å²) in [5.74, 6) is 0. The summed E-state index contributed by atoms with van der Waals surface area (Å²) in [6, 6.07) is 4.50. The minimum Gasteiger partial charge on any atom is -0.118 e. The number of aryl methyl sites for hydroxylation is 2. The lowest BCUT2D eigenvalue weighted by Gasteiger charge is -2.21. The van der Waals surface area contributed by atoms with E-state index in [0.29, 0.717) is 0 Å². The van der Waals surface area contributed by atoms with Gasteiger partial charge in [0.2, 0.25) is 0 Å². The van der Waals surface area contributed by atoms with Crippen molar-refractivity contribution in [2.24, 2.45) is 0 Å². The Morgan fingerprint density at radius 3 is 2.57 bits per heavy atom. The molecule has 0 saturated carbocycles. The van der Waals surface area contributed by atoms with E-state index in [-0.39, 0.29) is 10.8 Å². The molecule has 0 aromatic heterocycles. The maximum Gasteiger partial charge on any atom is 0.0596 e. The van der Waals surface area contributed by atoms with Gasteiger partial charge < -0.3 is 0 Å². The lowest BCUT2D eigenvalue weighted by molar-refractivity contribution is 0.514. The molecule has 0 radical (unpaired) electrons. The molecule has 0 saturated heterocycles. The lowest BCUT2D eigenvalue weighted by atomic mass is 9.83. The number of rotatable bonds is 0. The fraction of sp³-hybridized carbons (Fsp3) is 0.538. The van der Waals surface area contributed by atoms with Crippen molar-refractivity contribution in [3.05, 3.63) is 34.4 Å². The maximum atomic E-state index is 6.37. The fourth-order valence-corrected chi connectivity index (χ4v) is 3.39. The second kappa shape index (κ2) is 3.00. The van der Waals surface area contributed by atoms with Gasteiger partial charge in [-0.05, 0) is 42.4 Å². The van der Waals surface area contributed by atoms with Gasteiger partial charge in [0.05, 0.1) is 5.38 Å². The zero-order valence-corrected chi connectivity index (χ0v) is 10.1. The Morgan fingerprint density at radius 2 is 1.93 bits per heavy atom. The summed E-state index contributed by atoms with van der Waals surface area (Å²) in [6.07, 6.45) is 1.06. The minimum absolute atomic E-state index is 0.207. The van der Waals surface area contributed by atoms with Crippen LogP contribution in [-0.2, 0) is 5.41 Å². The first-order valence-electron chi connectivity index (χ1n) is 5.17. The van der Waals surface area contributed by atoms with E-state index in [1.54, 1.807) is 0 Å². The van der Waals surface area contributed by atoms with Gasteiger partial charge in [-0.15, -0.1) is 11.6 Å². The maximum absolute atomic E-state index is 6.37. The summed E-state index contributed by atoms with van der Waals surface area (Å²) >= 11 is 6.37. The molecular weight excluding hydrogens is 192 g/mol. The third kappa shape index (κ3) is 1.37. The number of hydrogen-bond donors (Lipinski definition) is 0. The van der Waals surface area contributed by atoms with Crippen molar-refractivity contribution in [3.8, 4) is 0 Å². The first-order chi connectivity index (χ1) is 6.42. The van der Waals surface area contributed by atoms with Crippen LogP contribution in [-0.4, -0.2) is 0 Å². The molecular formula is C13H17Cl. The topological polar surface area (TPSA) is 0 Å². The van der Waals surface area contributed by atoms with Crippen molar-refractivity contribution in [2.75, 3.05) is 0 Å².